The van der Waals surface area contributed by atoms with Crippen molar-refractivity contribution in [1.29, 1.82) is 0 Å². The molecule has 74 heavy (non-hydrogen) atoms. The largest absolute Gasteiger partial charge is 0.457 e. The Kier molecular flexibility index (Phi) is 50.4. The van der Waals surface area contributed by atoms with Gasteiger partial charge in [-0.3, -0.25) is 4.79 Å². The number of hydrogen-bond acceptors (Lipinski definition) is 9. The minimum absolute atomic E-state index is 0.118. The monoisotopic (exact) mass is 1030 g/mol. The summed E-state index contributed by atoms with van der Waals surface area (Å²) in [6, 6.07) is 0. The summed E-state index contributed by atoms with van der Waals surface area (Å²) in [5.74, 6) is -0.331. The fourth-order valence-corrected chi connectivity index (χ4v) is 8.30. The summed E-state index contributed by atoms with van der Waals surface area (Å²) in [6.45, 7) is 4.36. The van der Waals surface area contributed by atoms with Crippen molar-refractivity contribution in [3.05, 3.63) is 122 Å². The zero-order valence-electron chi connectivity index (χ0n) is 46.8. The predicted octanol–water partition coefficient (Wildman–Crippen LogP) is 15.8. The Morgan fingerprint density at radius 2 is 0.824 bits per heavy atom. The summed E-state index contributed by atoms with van der Waals surface area (Å²) >= 11 is 0. The first kappa shape index (κ1) is 68.6. The third-order valence-electron chi connectivity index (χ3n) is 12.9. The Balaban J connectivity index is 2.20. The Bertz CT molecular complexity index is 1550. The van der Waals surface area contributed by atoms with Gasteiger partial charge in [0, 0.05) is 13.0 Å². The molecule has 0 saturated carbocycles. The summed E-state index contributed by atoms with van der Waals surface area (Å²) in [5.41, 5.74) is 0. The number of carbonyl (C=O) groups is 1. The third-order valence-corrected chi connectivity index (χ3v) is 12.9. The second kappa shape index (κ2) is 54.4. The van der Waals surface area contributed by atoms with E-state index in [0.29, 0.717) is 13.0 Å². The van der Waals surface area contributed by atoms with E-state index in [-0.39, 0.29) is 19.2 Å². The molecule has 0 bridgehead atoms. The average molecular weight is 1030 g/mol. The SMILES string of the molecule is CC/C=C\C/C=C\C/C=C\C/C=C\C/C=C\C/C=C\C/C=C\CCCCCCOCC(COC1OC(CO)C(O)C(O)C1O)OC(=O)CCCCCCCCCCCC/C=C\C/C=C\C/C=C\CCCCCCC. The highest BCUT2D eigenvalue weighted by molar-refractivity contribution is 5.69. The van der Waals surface area contributed by atoms with Crippen LogP contribution in [0, 0.1) is 0 Å². The Morgan fingerprint density at radius 1 is 0.446 bits per heavy atom. The van der Waals surface area contributed by atoms with Crippen molar-refractivity contribution in [3.8, 4) is 0 Å². The van der Waals surface area contributed by atoms with E-state index in [9.17, 15) is 25.2 Å². The van der Waals surface area contributed by atoms with E-state index < -0.39 is 43.4 Å². The maximum atomic E-state index is 12.9. The average Bonchev–Trinajstić information content (AvgIpc) is 3.40. The number of aliphatic hydroxyl groups is 4. The number of allylic oxidation sites excluding steroid dienone is 20. The third kappa shape index (κ3) is 43.8. The smallest absolute Gasteiger partial charge is 0.306 e. The van der Waals surface area contributed by atoms with Crippen molar-refractivity contribution >= 4 is 5.97 Å². The highest BCUT2D eigenvalue weighted by Gasteiger charge is 2.44. The van der Waals surface area contributed by atoms with Crippen molar-refractivity contribution < 1.29 is 44.2 Å². The minimum atomic E-state index is -1.55. The van der Waals surface area contributed by atoms with Gasteiger partial charge in [-0.15, -0.1) is 0 Å². The van der Waals surface area contributed by atoms with Gasteiger partial charge in [-0.1, -0.05) is 225 Å². The number of esters is 1. The summed E-state index contributed by atoms with van der Waals surface area (Å²) in [4.78, 5) is 12.9. The molecule has 0 spiro atoms. The van der Waals surface area contributed by atoms with E-state index in [1.54, 1.807) is 0 Å². The van der Waals surface area contributed by atoms with Gasteiger partial charge in [0.1, 0.15) is 30.5 Å². The van der Waals surface area contributed by atoms with Crippen LogP contribution in [0.5, 0.6) is 0 Å². The van der Waals surface area contributed by atoms with Crippen LogP contribution in [-0.2, 0) is 23.7 Å². The summed E-state index contributed by atoms with van der Waals surface area (Å²) < 4.78 is 22.9. The maximum Gasteiger partial charge on any atom is 0.306 e. The summed E-state index contributed by atoms with van der Waals surface area (Å²) in [5, 5.41) is 40.4. The molecule has 0 radical (unpaired) electrons. The van der Waals surface area contributed by atoms with Crippen LogP contribution in [0.15, 0.2) is 122 Å². The molecule has 1 aliphatic rings. The molecular formula is C65H108O9. The van der Waals surface area contributed by atoms with Crippen LogP contribution in [-0.4, -0.2) is 89.6 Å². The van der Waals surface area contributed by atoms with Crippen LogP contribution in [0.1, 0.15) is 219 Å². The molecule has 0 aromatic carbocycles. The molecule has 0 aliphatic carbocycles. The van der Waals surface area contributed by atoms with Crippen LogP contribution in [0.2, 0.25) is 0 Å². The van der Waals surface area contributed by atoms with Gasteiger partial charge in [-0.25, -0.2) is 0 Å². The number of hydrogen-bond donors (Lipinski definition) is 4. The highest BCUT2D eigenvalue weighted by atomic mass is 16.7. The lowest BCUT2D eigenvalue weighted by molar-refractivity contribution is -0.305. The van der Waals surface area contributed by atoms with E-state index in [2.05, 4.69) is 135 Å². The maximum absolute atomic E-state index is 12.9. The van der Waals surface area contributed by atoms with Crippen molar-refractivity contribution in [1.82, 2.24) is 0 Å². The molecule has 0 aromatic heterocycles. The molecule has 0 aromatic rings. The lowest BCUT2D eigenvalue weighted by Gasteiger charge is -2.39. The summed E-state index contributed by atoms with van der Waals surface area (Å²) in [6.07, 6.45) is 72.4. The minimum Gasteiger partial charge on any atom is -0.457 e. The van der Waals surface area contributed by atoms with Crippen molar-refractivity contribution in [2.75, 3.05) is 26.4 Å². The molecule has 4 N–H and O–H groups in total. The van der Waals surface area contributed by atoms with Gasteiger partial charge < -0.3 is 39.4 Å². The van der Waals surface area contributed by atoms with E-state index in [1.807, 2.05) is 0 Å². The van der Waals surface area contributed by atoms with E-state index in [4.69, 9.17) is 18.9 Å². The Hall–Kier alpha value is -3.41. The molecule has 1 saturated heterocycles. The molecule has 9 heteroatoms. The quantitative estimate of drug-likeness (QED) is 0.0267. The van der Waals surface area contributed by atoms with Gasteiger partial charge >= 0.3 is 5.97 Å². The zero-order valence-corrected chi connectivity index (χ0v) is 46.8. The molecule has 9 nitrogen and oxygen atoms in total. The first-order valence-electron chi connectivity index (χ1n) is 29.6. The number of rotatable bonds is 50. The molecule has 6 unspecified atom stereocenters. The van der Waals surface area contributed by atoms with Gasteiger partial charge in [-0.2, -0.15) is 0 Å². The van der Waals surface area contributed by atoms with Crippen LogP contribution >= 0.6 is 0 Å². The number of aliphatic hydroxyl groups excluding tert-OH is 4. The van der Waals surface area contributed by atoms with Gasteiger partial charge in [0.15, 0.2) is 6.29 Å². The summed E-state index contributed by atoms with van der Waals surface area (Å²) in [7, 11) is 0. The fraction of sp³-hybridized carbons (Fsp3) is 0.677. The van der Waals surface area contributed by atoms with Crippen LogP contribution in [0.3, 0.4) is 0 Å². The van der Waals surface area contributed by atoms with Crippen molar-refractivity contribution in [3.63, 3.8) is 0 Å². The standard InChI is InChI=1S/C65H108O9/c1-3-5-7-9-11-13-15-17-19-21-23-25-27-29-31-33-35-37-39-41-43-45-47-49-51-53-55-71-57-59(58-72-65-64(70)63(69)62(68)60(56-66)74-65)73-61(67)54-52-50-48-46-44-42-40-38-36-34-32-30-28-26-24-22-20-18-16-14-12-10-8-6-4-2/h5,7,11,13,16-19,22-25,28-31,35,37,41,43,59-60,62-66,68-70H,3-4,6,8-10,12,14-15,20-21,26-27,32-34,36,38-40,42,44-58H2,1-2H3/b7-5-,13-11-,18-16-,19-17-,24-22-,25-23-,30-28-,31-29-,37-35-,43-41-. The lowest BCUT2D eigenvalue weighted by atomic mass is 9.99. The van der Waals surface area contributed by atoms with Crippen LogP contribution in [0.4, 0.5) is 0 Å². The first-order chi connectivity index (χ1) is 36.4. The molecule has 1 aliphatic heterocycles. The molecule has 0 amide bonds. The van der Waals surface area contributed by atoms with E-state index in [1.165, 1.54) is 89.9 Å². The van der Waals surface area contributed by atoms with Crippen molar-refractivity contribution in [2.24, 2.45) is 0 Å². The normalized spacial score (nSPS) is 19.5. The lowest BCUT2D eigenvalue weighted by Crippen LogP contribution is -2.59. The molecule has 1 heterocycles. The molecule has 1 fully saturated rings. The van der Waals surface area contributed by atoms with Gasteiger partial charge in [0.25, 0.3) is 0 Å². The van der Waals surface area contributed by atoms with E-state index >= 15 is 0 Å². The first-order valence-corrected chi connectivity index (χ1v) is 29.6. The molecule has 1 rings (SSSR count). The second-order valence-corrected chi connectivity index (χ2v) is 19.7. The van der Waals surface area contributed by atoms with Gasteiger partial charge in [0.2, 0.25) is 0 Å². The second-order valence-electron chi connectivity index (χ2n) is 19.7. The van der Waals surface area contributed by atoms with E-state index in [0.717, 1.165) is 109 Å². The zero-order chi connectivity index (χ0) is 53.5. The van der Waals surface area contributed by atoms with Gasteiger partial charge in [0.05, 0.1) is 19.8 Å². The predicted molar refractivity (Wildman–Crippen MR) is 311 cm³/mol. The Labute approximate surface area is 452 Å². The highest BCUT2D eigenvalue weighted by Crippen LogP contribution is 2.23. The number of ether oxygens (including phenoxy) is 4. The molecule has 6 atom stereocenters. The topological polar surface area (TPSA) is 135 Å². The van der Waals surface area contributed by atoms with Gasteiger partial charge in [-0.05, 0) is 109 Å². The Morgan fingerprint density at radius 3 is 1.24 bits per heavy atom. The number of carbonyl (C=O) groups excluding carboxylic acids is 1. The molecular weight excluding hydrogens is 925 g/mol. The molecule has 422 valence electrons. The number of unbranched alkanes of at least 4 members (excludes halogenated alkanes) is 19. The fourth-order valence-electron chi connectivity index (χ4n) is 8.30. The van der Waals surface area contributed by atoms with Crippen LogP contribution in [0.25, 0.3) is 0 Å². The van der Waals surface area contributed by atoms with Crippen LogP contribution < -0.4 is 0 Å². The van der Waals surface area contributed by atoms with Crippen molar-refractivity contribution in [2.45, 2.75) is 256 Å².